The van der Waals surface area contributed by atoms with Crippen molar-refractivity contribution in [3.05, 3.63) is 53.1 Å². The maximum Gasteiger partial charge on any atom is 0.169 e. The van der Waals surface area contributed by atoms with Gasteiger partial charge in [-0.1, -0.05) is 29.8 Å². The van der Waals surface area contributed by atoms with Crippen molar-refractivity contribution in [2.75, 3.05) is 14.2 Å². The van der Waals surface area contributed by atoms with Crippen LogP contribution in [-0.2, 0) is 0 Å². The van der Waals surface area contributed by atoms with Gasteiger partial charge in [-0.2, -0.15) is 5.26 Å². The maximum absolute atomic E-state index is 8.74. The predicted molar refractivity (Wildman–Crippen MR) is 84.6 cm³/mol. The van der Waals surface area contributed by atoms with E-state index in [4.69, 9.17) is 26.3 Å². The van der Waals surface area contributed by atoms with E-state index in [2.05, 4.69) is 0 Å². The minimum absolute atomic E-state index is 0.625. The molecule has 0 N–H and O–H groups in total. The van der Waals surface area contributed by atoms with Crippen LogP contribution in [0.25, 0.3) is 17.2 Å². The molecule has 0 heterocycles. The van der Waals surface area contributed by atoms with E-state index in [0.717, 1.165) is 16.7 Å². The fraction of sp³-hybridized carbons (Fsp3) is 0.118. The standard InChI is InChI=1S/C17H14ClNO2/c1-20-15-10-7-12(4-3-11-19)16(17(15)21-2)13-5-8-14(18)9-6-13/h3-10H,1-2H3/b4-3+. The Morgan fingerprint density at radius 1 is 1.05 bits per heavy atom. The SMILES string of the molecule is COc1ccc(/C=C/C#N)c(-c2ccc(Cl)cc2)c1OC. The van der Waals surface area contributed by atoms with Gasteiger partial charge in [0.05, 0.1) is 20.3 Å². The number of hydrogen-bond donors (Lipinski definition) is 0. The van der Waals surface area contributed by atoms with Gasteiger partial charge in [0.25, 0.3) is 0 Å². The molecule has 0 saturated carbocycles. The van der Waals surface area contributed by atoms with Gasteiger partial charge < -0.3 is 9.47 Å². The topological polar surface area (TPSA) is 42.2 Å². The first-order valence-corrected chi connectivity index (χ1v) is 6.66. The molecular formula is C17H14ClNO2. The van der Waals surface area contributed by atoms with E-state index in [-0.39, 0.29) is 0 Å². The Hall–Kier alpha value is -2.44. The third kappa shape index (κ3) is 3.18. The normalized spacial score (nSPS) is 10.4. The number of nitriles is 1. The van der Waals surface area contributed by atoms with Crippen molar-refractivity contribution in [2.24, 2.45) is 0 Å². The van der Waals surface area contributed by atoms with E-state index >= 15 is 0 Å². The lowest BCUT2D eigenvalue weighted by molar-refractivity contribution is 0.356. The lowest BCUT2D eigenvalue weighted by Crippen LogP contribution is -1.95. The van der Waals surface area contributed by atoms with Crippen LogP contribution in [0.4, 0.5) is 0 Å². The summed E-state index contributed by atoms with van der Waals surface area (Å²) < 4.78 is 10.8. The zero-order valence-corrected chi connectivity index (χ0v) is 12.5. The molecule has 0 bridgehead atoms. The van der Waals surface area contributed by atoms with Crippen molar-refractivity contribution in [1.82, 2.24) is 0 Å². The van der Waals surface area contributed by atoms with Crippen LogP contribution in [0, 0.1) is 11.3 Å². The van der Waals surface area contributed by atoms with Crippen LogP contribution in [0.1, 0.15) is 5.56 Å². The molecule has 0 radical (unpaired) electrons. The van der Waals surface area contributed by atoms with Gasteiger partial charge in [0.2, 0.25) is 0 Å². The molecule has 0 amide bonds. The second kappa shape index (κ2) is 6.83. The first kappa shape index (κ1) is 15.0. The van der Waals surface area contributed by atoms with Crippen LogP contribution in [0.2, 0.25) is 5.02 Å². The molecule has 106 valence electrons. The first-order valence-electron chi connectivity index (χ1n) is 6.28. The molecule has 4 heteroatoms. The Labute approximate surface area is 129 Å². The average Bonchev–Trinajstić information content (AvgIpc) is 2.52. The van der Waals surface area contributed by atoms with E-state index in [0.29, 0.717) is 16.5 Å². The highest BCUT2D eigenvalue weighted by molar-refractivity contribution is 6.30. The molecule has 0 spiro atoms. The van der Waals surface area contributed by atoms with E-state index in [1.165, 1.54) is 6.08 Å². The highest BCUT2D eigenvalue weighted by atomic mass is 35.5. The number of hydrogen-bond acceptors (Lipinski definition) is 3. The van der Waals surface area contributed by atoms with E-state index in [9.17, 15) is 0 Å². The smallest absolute Gasteiger partial charge is 0.169 e. The third-order valence-corrected chi connectivity index (χ3v) is 3.30. The lowest BCUT2D eigenvalue weighted by atomic mass is 9.97. The molecular weight excluding hydrogens is 286 g/mol. The van der Waals surface area contributed by atoms with Gasteiger partial charge in [-0.15, -0.1) is 0 Å². The number of halogens is 1. The Morgan fingerprint density at radius 2 is 1.76 bits per heavy atom. The van der Waals surface area contributed by atoms with Crippen LogP contribution in [0.15, 0.2) is 42.5 Å². The van der Waals surface area contributed by atoms with Gasteiger partial charge in [0.1, 0.15) is 0 Å². The largest absolute Gasteiger partial charge is 0.493 e. The molecule has 3 nitrogen and oxygen atoms in total. The van der Waals surface area contributed by atoms with Gasteiger partial charge in [0, 0.05) is 16.7 Å². The molecule has 0 aliphatic heterocycles. The average molecular weight is 300 g/mol. The van der Waals surface area contributed by atoms with Crippen LogP contribution in [0.5, 0.6) is 11.5 Å². The monoisotopic (exact) mass is 299 g/mol. The lowest BCUT2D eigenvalue weighted by Gasteiger charge is -2.15. The summed E-state index contributed by atoms with van der Waals surface area (Å²) in [7, 11) is 3.18. The molecule has 21 heavy (non-hydrogen) atoms. The van der Waals surface area contributed by atoms with Gasteiger partial charge in [-0.05, 0) is 35.4 Å². The van der Waals surface area contributed by atoms with Crippen LogP contribution in [0.3, 0.4) is 0 Å². The van der Waals surface area contributed by atoms with Crippen molar-refractivity contribution in [3.8, 4) is 28.7 Å². The van der Waals surface area contributed by atoms with Gasteiger partial charge in [-0.3, -0.25) is 0 Å². The zero-order chi connectivity index (χ0) is 15.2. The summed E-state index contributed by atoms with van der Waals surface area (Å²) in [6, 6.07) is 13.1. The van der Waals surface area contributed by atoms with E-state index in [1.54, 1.807) is 20.3 Å². The van der Waals surface area contributed by atoms with Crippen molar-refractivity contribution in [1.29, 1.82) is 5.26 Å². The number of rotatable bonds is 4. The predicted octanol–water partition coefficient (Wildman–Crippen LogP) is 4.56. The summed E-state index contributed by atoms with van der Waals surface area (Å²) in [5, 5.41) is 9.40. The molecule has 0 aliphatic carbocycles. The van der Waals surface area contributed by atoms with Crippen molar-refractivity contribution < 1.29 is 9.47 Å². The van der Waals surface area contributed by atoms with Gasteiger partial charge in [0.15, 0.2) is 11.5 Å². The summed E-state index contributed by atoms with van der Waals surface area (Å²) in [4.78, 5) is 0. The van der Waals surface area contributed by atoms with Crippen LogP contribution < -0.4 is 9.47 Å². The first-order chi connectivity index (χ1) is 10.2. The molecule has 2 aromatic carbocycles. The number of benzene rings is 2. The second-order valence-corrected chi connectivity index (χ2v) is 4.67. The van der Waals surface area contributed by atoms with E-state index < -0.39 is 0 Å². The zero-order valence-electron chi connectivity index (χ0n) is 11.8. The van der Waals surface area contributed by atoms with Crippen molar-refractivity contribution >= 4 is 17.7 Å². The second-order valence-electron chi connectivity index (χ2n) is 4.23. The number of ether oxygens (including phenoxy) is 2. The minimum Gasteiger partial charge on any atom is -0.493 e. The highest BCUT2D eigenvalue weighted by Gasteiger charge is 2.15. The fourth-order valence-electron chi connectivity index (χ4n) is 2.12. The molecule has 0 fully saturated rings. The molecule has 0 unspecified atom stereocenters. The van der Waals surface area contributed by atoms with Gasteiger partial charge in [-0.25, -0.2) is 0 Å². The number of nitrogens with zero attached hydrogens (tertiary/aromatic N) is 1. The molecule has 0 saturated heterocycles. The number of methoxy groups -OCH3 is 2. The van der Waals surface area contributed by atoms with Crippen LogP contribution >= 0.6 is 11.6 Å². The Bertz CT molecular complexity index is 700. The molecule has 2 aromatic rings. The summed E-state index contributed by atoms with van der Waals surface area (Å²) in [5.74, 6) is 1.26. The third-order valence-electron chi connectivity index (χ3n) is 3.05. The summed E-state index contributed by atoms with van der Waals surface area (Å²) in [6.45, 7) is 0. The van der Waals surface area contributed by atoms with Crippen molar-refractivity contribution in [3.63, 3.8) is 0 Å². The summed E-state index contributed by atoms with van der Waals surface area (Å²) >= 11 is 5.94. The Morgan fingerprint density at radius 3 is 2.33 bits per heavy atom. The fourth-order valence-corrected chi connectivity index (χ4v) is 2.25. The summed E-state index contributed by atoms with van der Waals surface area (Å²) in [6.07, 6.45) is 3.17. The summed E-state index contributed by atoms with van der Waals surface area (Å²) in [5.41, 5.74) is 2.67. The van der Waals surface area contributed by atoms with E-state index in [1.807, 2.05) is 42.5 Å². The molecule has 2 rings (SSSR count). The van der Waals surface area contributed by atoms with Crippen LogP contribution in [-0.4, -0.2) is 14.2 Å². The maximum atomic E-state index is 8.74. The minimum atomic E-state index is 0.625. The molecule has 0 atom stereocenters. The van der Waals surface area contributed by atoms with Crippen molar-refractivity contribution in [2.45, 2.75) is 0 Å². The highest BCUT2D eigenvalue weighted by Crippen LogP contribution is 2.41. The number of allylic oxidation sites excluding steroid dienone is 1. The Kier molecular flexibility index (Phi) is 4.86. The molecule has 0 aliphatic rings. The van der Waals surface area contributed by atoms with Gasteiger partial charge >= 0.3 is 0 Å². The Balaban J connectivity index is 2.71. The quantitative estimate of drug-likeness (QED) is 0.777. The molecule has 0 aromatic heterocycles.